The molecule has 1 aromatic carbocycles. The molecule has 1 aliphatic heterocycles. The summed E-state index contributed by atoms with van der Waals surface area (Å²) in [5.41, 5.74) is 3.45. The molecule has 0 saturated carbocycles. The Kier molecular flexibility index (Phi) is 6.11. The van der Waals surface area contributed by atoms with Crippen molar-refractivity contribution in [3.8, 4) is 0 Å². The molecule has 0 radical (unpaired) electrons. The Bertz CT molecular complexity index is 1220. The lowest BCUT2D eigenvalue weighted by Crippen LogP contribution is -2.41. The maximum Gasteiger partial charge on any atom is 0.274 e. The summed E-state index contributed by atoms with van der Waals surface area (Å²) in [5.74, 6) is -0.611. The van der Waals surface area contributed by atoms with Crippen LogP contribution in [0.4, 0.5) is 0 Å². The third kappa shape index (κ3) is 4.30. The molecule has 164 valence electrons. The Morgan fingerprint density at radius 2 is 1.94 bits per heavy atom. The number of fused-ring (bicyclic) bond motifs is 1. The number of aromatic nitrogens is 3. The Labute approximate surface area is 185 Å². The van der Waals surface area contributed by atoms with Crippen molar-refractivity contribution in [3.05, 3.63) is 92.9 Å². The number of carbonyl (C=O) groups excluding carboxylic acids is 2. The molecule has 8 nitrogen and oxygen atoms in total. The van der Waals surface area contributed by atoms with Crippen LogP contribution in [0.25, 0.3) is 0 Å². The van der Waals surface area contributed by atoms with Crippen LogP contribution in [0.3, 0.4) is 0 Å². The fourth-order valence-electron chi connectivity index (χ4n) is 4.03. The first kappa shape index (κ1) is 21.4. The van der Waals surface area contributed by atoms with Crippen molar-refractivity contribution >= 4 is 11.8 Å². The van der Waals surface area contributed by atoms with Crippen molar-refractivity contribution in [2.75, 3.05) is 13.6 Å². The monoisotopic (exact) mass is 431 g/mol. The van der Waals surface area contributed by atoms with E-state index in [0.29, 0.717) is 43.7 Å². The third-order valence-corrected chi connectivity index (χ3v) is 5.67. The van der Waals surface area contributed by atoms with E-state index in [1.54, 1.807) is 28.8 Å². The van der Waals surface area contributed by atoms with Crippen LogP contribution in [0.5, 0.6) is 0 Å². The quantitative estimate of drug-likeness (QED) is 0.664. The topological polar surface area (TPSA) is 97.2 Å². The molecule has 2 amide bonds. The van der Waals surface area contributed by atoms with Crippen LogP contribution in [-0.2, 0) is 25.9 Å². The van der Waals surface area contributed by atoms with E-state index >= 15 is 0 Å². The maximum absolute atomic E-state index is 13.1. The van der Waals surface area contributed by atoms with E-state index in [4.69, 9.17) is 0 Å². The number of hydrogen-bond acceptors (Lipinski definition) is 5. The van der Waals surface area contributed by atoms with Crippen molar-refractivity contribution in [1.29, 1.82) is 0 Å². The first-order valence-corrected chi connectivity index (χ1v) is 10.6. The van der Waals surface area contributed by atoms with Gasteiger partial charge in [-0.1, -0.05) is 30.3 Å². The van der Waals surface area contributed by atoms with Crippen LogP contribution in [0, 0.1) is 6.92 Å². The Balaban J connectivity index is 1.67. The molecule has 0 bridgehead atoms. The molecule has 32 heavy (non-hydrogen) atoms. The third-order valence-electron chi connectivity index (χ3n) is 5.67. The van der Waals surface area contributed by atoms with Crippen molar-refractivity contribution < 1.29 is 9.59 Å². The van der Waals surface area contributed by atoms with Crippen molar-refractivity contribution in [2.24, 2.45) is 0 Å². The SMILES string of the molecule is CNC(=O)c1c2c(cn(CCc3ccccc3)c1=O)CN(C(=O)c1cncc(C)n1)CC2. The Morgan fingerprint density at radius 1 is 1.16 bits per heavy atom. The Morgan fingerprint density at radius 3 is 2.66 bits per heavy atom. The molecular formula is C24H25N5O3. The minimum absolute atomic E-state index is 0.167. The van der Waals surface area contributed by atoms with Crippen LogP contribution in [0.2, 0.25) is 0 Å². The predicted molar refractivity (Wildman–Crippen MR) is 119 cm³/mol. The number of nitrogens with zero attached hydrogens (tertiary/aromatic N) is 4. The van der Waals surface area contributed by atoms with Gasteiger partial charge in [0.25, 0.3) is 17.4 Å². The molecule has 0 fully saturated rings. The van der Waals surface area contributed by atoms with Crippen molar-refractivity contribution in [3.63, 3.8) is 0 Å². The summed E-state index contributed by atoms with van der Waals surface area (Å²) in [6, 6.07) is 9.87. The normalized spacial score (nSPS) is 12.9. The van der Waals surface area contributed by atoms with Gasteiger partial charge in [0.2, 0.25) is 0 Å². The van der Waals surface area contributed by atoms with Crippen LogP contribution in [0.1, 0.15) is 43.2 Å². The molecule has 0 saturated heterocycles. The fraction of sp³-hybridized carbons (Fsp3) is 0.292. The average molecular weight is 431 g/mol. The highest BCUT2D eigenvalue weighted by Gasteiger charge is 2.28. The number of benzene rings is 1. The summed E-state index contributed by atoms with van der Waals surface area (Å²) >= 11 is 0. The van der Waals surface area contributed by atoms with Gasteiger partial charge in [-0.15, -0.1) is 0 Å². The summed E-state index contributed by atoms with van der Waals surface area (Å²) in [7, 11) is 1.52. The van der Waals surface area contributed by atoms with E-state index in [1.165, 1.54) is 13.2 Å². The van der Waals surface area contributed by atoms with Crippen LogP contribution in [0.15, 0.2) is 53.7 Å². The number of aryl methyl sites for hydroxylation is 3. The zero-order valence-corrected chi connectivity index (χ0v) is 18.2. The summed E-state index contributed by atoms with van der Waals surface area (Å²) in [4.78, 5) is 48.7. The van der Waals surface area contributed by atoms with Gasteiger partial charge in [0.1, 0.15) is 11.3 Å². The van der Waals surface area contributed by atoms with E-state index in [2.05, 4.69) is 15.3 Å². The van der Waals surface area contributed by atoms with Gasteiger partial charge >= 0.3 is 0 Å². The minimum Gasteiger partial charge on any atom is -0.355 e. The second kappa shape index (κ2) is 9.13. The summed E-state index contributed by atoms with van der Waals surface area (Å²) < 4.78 is 1.58. The van der Waals surface area contributed by atoms with Gasteiger partial charge in [0.15, 0.2) is 0 Å². The Hall–Kier alpha value is -3.81. The second-order valence-corrected chi connectivity index (χ2v) is 7.84. The lowest BCUT2D eigenvalue weighted by atomic mass is 9.95. The van der Waals surface area contributed by atoms with Gasteiger partial charge in [-0.3, -0.25) is 19.4 Å². The summed E-state index contributed by atoms with van der Waals surface area (Å²) in [5, 5.41) is 2.59. The van der Waals surface area contributed by atoms with Crippen LogP contribution < -0.4 is 10.9 Å². The van der Waals surface area contributed by atoms with Gasteiger partial charge in [-0.25, -0.2) is 4.98 Å². The highest BCUT2D eigenvalue weighted by atomic mass is 16.2. The molecule has 8 heteroatoms. The summed E-state index contributed by atoms with van der Waals surface area (Å²) in [6.07, 6.45) is 5.94. The molecule has 1 N–H and O–H groups in total. The smallest absolute Gasteiger partial charge is 0.274 e. The second-order valence-electron chi connectivity index (χ2n) is 7.84. The number of pyridine rings is 1. The molecule has 4 rings (SSSR count). The maximum atomic E-state index is 13.1. The number of hydrogen-bond donors (Lipinski definition) is 1. The van der Waals surface area contributed by atoms with Gasteiger partial charge < -0.3 is 14.8 Å². The molecule has 3 aromatic rings. The molecule has 0 unspecified atom stereocenters. The molecule has 0 atom stereocenters. The fourth-order valence-corrected chi connectivity index (χ4v) is 4.03. The molecule has 1 aliphatic rings. The number of carbonyl (C=O) groups is 2. The van der Waals surface area contributed by atoms with Gasteiger partial charge in [-0.2, -0.15) is 0 Å². The van der Waals surface area contributed by atoms with Crippen LogP contribution in [-0.4, -0.2) is 44.8 Å². The zero-order chi connectivity index (χ0) is 22.7. The molecule has 0 spiro atoms. The lowest BCUT2D eigenvalue weighted by Gasteiger charge is -2.30. The number of amides is 2. The van der Waals surface area contributed by atoms with Gasteiger partial charge in [-0.05, 0) is 36.5 Å². The highest BCUT2D eigenvalue weighted by molar-refractivity contribution is 5.96. The van der Waals surface area contributed by atoms with Gasteiger partial charge in [0, 0.05) is 39.1 Å². The largest absolute Gasteiger partial charge is 0.355 e. The minimum atomic E-state index is -0.398. The molecular weight excluding hydrogens is 406 g/mol. The van der Waals surface area contributed by atoms with Crippen molar-refractivity contribution in [1.82, 2.24) is 24.8 Å². The predicted octanol–water partition coefficient (Wildman–Crippen LogP) is 1.75. The van der Waals surface area contributed by atoms with Crippen molar-refractivity contribution in [2.45, 2.75) is 32.9 Å². The van der Waals surface area contributed by atoms with E-state index < -0.39 is 5.91 Å². The van der Waals surface area contributed by atoms with Gasteiger partial charge in [0.05, 0.1) is 11.9 Å². The first-order valence-electron chi connectivity index (χ1n) is 10.6. The number of nitrogens with one attached hydrogen (secondary N) is 1. The molecule has 0 aliphatic carbocycles. The number of rotatable bonds is 5. The average Bonchev–Trinajstić information content (AvgIpc) is 2.82. The standard InChI is InChI=1S/C24H25N5O3/c1-16-12-26-13-20(27-16)23(31)28-11-9-19-18(14-28)15-29(24(32)21(19)22(30)25-2)10-8-17-6-4-3-5-7-17/h3-7,12-13,15H,8-11,14H2,1-2H3,(H,25,30). The van der Waals surface area contributed by atoms with Crippen LogP contribution >= 0.6 is 0 Å². The summed E-state index contributed by atoms with van der Waals surface area (Å²) in [6.45, 7) is 2.94. The van der Waals surface area contributed by atoms with E-state index in [0.717, 1.165) is 11.1 Å². The first-order chi connectivity index (χ1) is 15.5. The van der Waals surface area contributed by atoms with E-state index in [1.807, 2.05) is 30.3 Å². The molecule has 2 aromatic heterocycles. The van der Waals surface area contributed by atoms with E-state index in [-0.39, 0.29) is 22.7 Å². The lowest BCUT2D eigenvalue weighted by molar-refractivity contribution is 0.0727. The van der Waals surface area contributed by atoms with E-state index in [9.17, 15) is 14.4 Å². The zero-order valence-electron chi connectivity index (χ0n) is 18.2. The highest BCUT2D eigenvalue weighted by Crippen LogP contribution is 2.22. The molecule has 3 heterocycles.